The summed E-state index contributed by atoms with van der Waals surface area (Å²) in [7, 11) is -0.732. The molecule has 2 rings (SSSR count). The molecule has 0 unspecified atom stereocenters. The molecule has 3 nitrogen and oxygen atoms in total. The molecule has 1 aliphatic rings. The summed E-state index contributed by atoms with van der Waals surface area (Å²) in [6, 6.07) is 1.61. The molecule has 1 saturated heterocycles. The lowest BCUT2D eigenvalue weighted by atomic mass is 9.78. The fraction of sp³-hybridized carbons (Fsp3) is 0.500. The van der Waals surface area contributed by atoms with E-state index in [1.807, 2.05) is 27.7 Å². The van der Waals surface area contributed by atoms with Crippen molar-refractivity contribution in [1.29, 1.82) is 0 Å². The highest BCUT2D eigenvalue weighted by atomic mass is 19.1. The average molecular weight is 261 g/mol. The van der Waals surface area contributed by atoms with Crippen molar-refractivity contribution in [1.82, 2.24) is 4.98 Å². The van der Waals surface area contributed by atoms with Crippen LogP contribution in [0, 0.1) is 18.2 Å². The van der Waals surface area contributed by atoms with E-state index >= 15 is 0 Å². The van der Waals surface area contributed by atoms with Crippen LogP contribution in [0.5, 0.6) is 0 Å². The number of halogens is 1. The maximum Gasteiger partial charge on any atom is 0.497 e. The summed E-state index contributed by atoms with van der Waals surface area (Å²) in [5, 5.41) is 0. The zero-order valence-corrected chi connectivity index (χ0v) is 11.7. The SMILES string of the molecule is C#CCc1cc(B2OC(C)(C)C(C)(C)O2)c(F)cn1. The van der Waals surface area contributed by atoms with Gasteiger partial charge in [0.25, 0.3) is 0 Å². The molecule has 0 amide bonds. The normalized spacial score (nSPS) is 20.3. The molecule has 5 heteroatoms. The van der Waals surface area contributed by atoms with E-state index < -0.39 is 24.1 Å². The molecular formula is C14H17BFNO2. The Labute approximate surface area is 113 Å². The maximum atomic E-state index is 13.9. The van der Waals surface area contributed by atoms with Crippen LogP contribution in [0.25, 0.3) is 0 Å². The Morgan fingerprint density at radius 3 is 2.42 bits per heavy atom. The Hall–Kier alpha value is -1.38. The van der Waals surface area contributed by atoms with E-state index in [1.165, 1.54) is 0 Å². The minimum atomic E-state index is -0.732. The Morgan fingerprint density at radius 2 is 1.89 bits per heavy atom. The van der Waals surface area contributed by atoms with Gasteiger partial charge < -0.3 is 9.31 Å². The molecule has 0 atom stereocenters. The first-order chi connectivity index (χ1) is 8.77. The minimum Gasteiger partial charge on any atom is -0.399 e. The standard InChI is InChI=1S/C14H17BFNO2/c1-6-7-10-8-11(12(16)9-17-10)15-18-13(2,3)14(4,5)19-15/h1,8-9H,7H2,2-5H3. The lowest BCUT2D eigenvalue weighted by Crippen LogP contribution is -2.41. The van der Waals surface area contributed by atoms with Crippen molar-refractivity contribution in [2.45, 2.75) is 45.3 Å². The van der Waals surface area contributed by atoms with E-state index in [1.54, 1.807) is 6.07 Å². The van der Waals surface area contributed by atoms with Gasteiger partial charge in [-0.2, -0.15) is 0 Å². The van der Waals surface area contributed by atoms with E-state index in [0.29, 0.717) is 17.6 Å². The predicted octanol–water partition coefficient (Wildman–Crippen LogP) is 1.70. The highest BCUT2D eigenvalue weighted by Gasteiger charge is 2.52. The molecule has 2 heterocycles. The molecule has 1 aromatic heterocycles. The van der Waals surface area contributed by atoms with Crippen molar-refractivity contribution < 1.29 is 13.7 Å². The van der Waals surface area contributed by atoms with Gasteiger partial charge in [0.15, 0.2) is 0 Å². The quantitative estimate of drug-likeness (QED) is 0.599. The smallest absolute Gasteiger partial charge is 0.399 e. The van der Waals surface area contributed by atoms with E-state index in [0.717, 1.165) is 6.20 Å². The van der Waals surface area contributed by atoms with Gasteiger partial charge in [-0.1, -0.05) is 0 Å². The number of pyridine rings is 1. The van der Waals surface area contributed by atoms with Crippen LogP contribution in [-0.2, 0) is 15.7 Å². The molecule has 0 N–H and O–H groups in total. The molecule has 19 heavy (non-hydrogen) atoms. The molecule has 0 spiro atoms. The van der Waals surface area contributed by atoms with Gasteiger partial charge in [0.1, 0.15) is 5.82 Å². The van der Waals surface area contributed by atoms with Crippen molar-refractivity contribution in [2.24, 2.45) is 0 Å². The summed E-state index contributed by atoms with van der Waals surface area (Å²) in [5.41, 5.74) is -0.0215. The van der Waals surface area contributed by atoms with Crippen LogP contribution in [0.15, 0.2) is 12.3 Å². The summed E-state index contributed by atoms with van der Waals surface area (Å²) in [4.78, 5) is 3.94. The van der Waals surface area contributed by atoms with Gasteiger partial charge in [-0.15, -0.1) is 12.3 Å². The van der Waals surface area contributed by atoms with Crippen molar-refractivity contribution >= 4 is 12.6 Å². The zero-order chi connectivity index (χ0) is 14.3. The Kier molecular flexibility index (Phi) is 3.42. The Balaban J connectivity index is 2.34. The summed E-state index contributed by atoms with van der Waals surface area (Å²) in [6.45, 7) is 7.70. The molecule has 0 bridgehead atoms. The van der Waals surface area contributed by atoms with E-state index in [4.69, 9.17) is 15.7 Å². The average Bonchev–Trinajstić information content (AvgIpc) is 2.51. The second kappa shape index (κ2) is 4.62. The lowest BCUT2D eigenvalue weighted by molar-refractivity contribution is 0.00578. The van der Waals surface area contributed by atoms with E-state index in [9.17, 15) is 4.39 Å². The molecule has 100 valence electrons. The largest absolute Gasteiger partial charge is 0.497 e. The molecule has 1 aromatic rings. The summed E-state index contributed by atoms with van der Waals surface area (Å²) in [6.07, 6.45) is 6.76. The third-order valence-electron chi connectivity index (χ3n) is 3.73. The molecule has 0 saturated carbocycles. The fourth-order valence-electron chi connectivity index (χ4n) is 1.85. The van der Waals surface area contributed by atoms with E-state index in [2.05, 4.69) is 10.9 Å². The van der Waals surface area contributed by atoms with Crippen LogP contribution in [0.3, 0.4) is 0 Å². The number of hydrogen-bond donors (Lipinski definition) is 0. The van der Waals surface area contributed by atoms with Crippen molar-refractivity contribution in [3.8, 4) is 12.3 Å². The number of rotatable bonds is 2. The summed E-state index contributed by atoms with van der Waals surface area (Å²) in [5.74, 6) is 2.04. The predicted molar refractivity (Wildman–Crippen MR) is 72.4 cm³/mol. The molecular weight excluding hydrogens is 244 g/mol. The van der Waals surface area contributed by atoms with Crippen LogP contribution < -0.4 is 5.46 Å². The van der Waals surface area contributed by atoms with Crippen molar-refractivity contribution in [2.75, 3.05) is 0 Å². The monoisotopic (exact) mass is 261 g/mol. The van der Waals surface area contributed by atoms with Gasteiger partial charge in [0.05, 0.1) is 29.5 Å². The third-order valence-corrected chi connectivity index (χ3v) is 3.73. The topological polar surface area (TPSA) is 31.4 Å². The van der Waals surface area contributed by atoms with Gasteiger partial charge in [-0.3, -0.25) is 4.98 Å². The van der Waals surface area contributed by atoms with E-state index in [-0.39, 0.29) is 0 Å². The summed E-state index contributed by atoms with van der Waals surface area (Å²) < 4.78 is 25.5. The molecule has 0 radical (unpaired) electrons. The molecule has 0 aliphatic carbocycles. The van der Waals surface area contributed by atoms with Crippen LogP contribution in [0.1, 0.15) is 33.4 Å². The van der Waals surface area contributed by atoms with Gasteiger partial charge in [-0.25, -0.2) is 4.39 Å². The van der Waals surface area contributed by atoms with Crippen LogP contribution in [0.2, 0.25) is 0 Å². The number of aromatic nitrogens is 1. The minimum absolute atomic E-state index is 0.346. The molecule has 1 fully saturated rings. The maximum absolute atomic E-state index is 13.9. The van der Waals surface area contributed by atoms with Gasteiger partial charge in [-0.05, 0) is 33.8 Å². The number of hydrogen-bond acceptors (Lipinski definition) is 3. The third kappa shape index (κ3) is 2.51. The number of nitrogens with zero attached hydrogens (tertiary/aromatic N) is 1. The Morgan fingerprint density at radius 1 is 1.32 bits per heavy atom. The summed E-state index contributed by atoms with van der Waals surface area (Å²) >= 11 is 0. The van der Waals surface area contributed by atoms with Gasteiger partial charge >= 0.3 is 7.12 Å². The van der Waals surface area contributed by atoms with Gasteiger partial charge in [0, 0.05) is 5.46 Å². The van der Waals surface area contributed by atoms with Crippen molar-refractivity contribution in [3.05, 3.63) is 23.8 Å². The lowest BCUT2D eigenvalue weighted by Gasteiger charge is -2.32. The van der Waals surface area contributed by atoms with Crippen LogP contribution in [0.4, 0.5) is 4.39 Å². The zero-order valence-electron chi connectivity index (χ0n) is 11.7. The van der Waals surface area contributed by atoms with Crippen molar-refractivity contribution in [3.63, 3.8) is 0 Å². The van der Waals surface area contributed by atoms with Gasteiger partial charge in [0.2, 0.25) is 0 Å². The first-order valence-electron chi connectivity index (χ1n) is 6.20. The molecule has 1 aliphatic heterocycles. The second-order valence-corrected chi connectivity index (χ2v) is 5.67. The number of terminal acetylenes is 1. The second-order valence-electron chi connectivity index (χ2n) is 5.67. The highest BCUT2D eigenvalue weighted by molar-refractivity contribution is 6.62. The van der Waals surface area contributed by atoms with Crippen LogP contribution in [-0.4, -0.2) is 23.3 Å². The molecule has 0 aromatic carbocycles. The first-order valence-corrected chi connectivity index (χ1v) is 6.20. The highest BCUT2D eigenvalue weighted by Crippen LogP contribution is 2.36. The van der Waals surface area contributed by atoms with Crippen LogP contribution >= 0.6 is 0 Å². The first kappa shape index (κ1) is 14.0. The fourth-order valence-corrected chi connectivity index (χ4v) is 1.85. The Bertz CT molecular complexity index is 521.